The number of allylic oxidation sites excluding steroid dienone is 2. The van der Waals surface area contributed by atoms with E-state index in [4.69, 9.17) is 9.47 Å². The van der Waals surface area contributed by atoms with Gasteiger partial charge in [0.25, 0.3) is 0 Å². The molecule has 4 heteroatoms. The molecule has 2 bridgehead atoms. The van der Waals surface area contributed by atoms with E-state index in [1.54, 1.807) is 0 Å². The number of ether oxygens (including phenoxy) is 2. The molecule has 92 valence electrons. The predicted molar refractivity (Wildman–Crippen MR) is 58.9 cm³/mol. The quantitative estimate of drug-likeness (QED) is 0.393. The second-order valence-electron chi connectivity index (χ2n) is 5.21. The van der Waals surface area contributed by atoms with Gasteiger partial charge in [-0.1, -0.05) is 12.2 Å². The fraction of sp³-hybridized carbons (Fsp3) is 0.692. The van der Waals surface area contributed by atoms with E-state index in [-0.39, 0.29) is 23.9 Å². The lowest BCUT2D eigenvalue weighted by Gasteiger charge is -2.40. The van der Waals surface area contributed by atoms with Crippen molar-refractivity contribution >= 4 is 11.9 Å². The number of rotatable bonds is 1. The molecular formula is C13H16O4. The molecule has 2 fully saturated rings. The SMILES string of the molecule is COC(=O)[C@]12C[C@H](C[C@@H]3C=CCC[C@@H]31)OC2=O. The predicted octanol–water partition coefficient (Wildman–Crippen LogP) is 1.45. The van der Waals surface area contributed by atoms with Gasteiger partial charge < -0.3 is 9.47 Å². The molecule has 3 aliphatic rings. The Hall–Kier alpha value is -1.32. The third-order valence-electron chi connectivity index (χ3n) is 4.45. The highest BCUT2D eigenvalue weighted by Gasteiger charge is 2.65. The third-order valence-corrected chi connectivity index (χ3v) is 4.45. The van der Waals surface area contributed by atoms with Crippen LogP contribution in [-0.4, -0.2) is 25.2 Å². The molecule has 0 aromatic heterocycles. The summed E-state index contributed by atoms with van der Waals surface area (Å²) in [4.78, 5) is 24.2. The molecule has 0 spiro atoms. The van der Waals surface area contributed by atoms with Gasteiger partial charge in [-0.3, -0.25) is 9.59 Å². The number of carbonyl (C=O) groups is 2. The van der Waals surface area contributed by atoms with Gasteiger partial charge >= 0.3 is 11.9 Å². The van der Waals surface area contributed by atoms with Gasteiger partial charge in [0.05, 0.1) is 7.11 Å². The van der Waals surface area contributed by atoms with Gasteiger partial charge in [0, 0.05) is 6.42 Å². The molecule has 0 radical (unpaired) electrons. The Labute approximate surface area is 100.0 Å². The highest BCUT2D eigenvalue weighted by molar-refractivity contribution is 6.02. The number of hydrogen-bond donors (Lipinski definition) is 0. The van der Waals surface area contributed by atoms with E-state index in [0.717, 1.165) is 19.3 Å². The number of esters is 2. The van der Waals surface area contributed by atoms with Crippen LogP contribution in [0.15, 0.2) is 12.2 Å². The Bertz CT molecular complexity index is 390. The number of methoxy groups -OCH3 is 1. The topological polar surface area (TPSA) is 52.6 Å². The highest BCUT2D eigenvalue weighted by Crippen LogP contribution is 2.55. The van der Waals surface area contributed by atoms with E-state index < -0.39 is 11.4 Å². The van der Waals surface area contributed by atoms with Crippen LogP contribution in [0.25, 0.3) is 0 Å². The van der Waals surface area contributed by atoms with Crippen molar-refractivity contribution in [3.63, 3.8) is 0 Å². The lowest BCUT2D eigenvalue weighted by molar-refractivity contribution is -0.167. The molecule has 17 heavy (non-hydrogen) atoms. The van der Waals surface area contributed by atoms with Crippen molar-refractivity contribution in [2.24, 2.45) is 17.3 Å². The van der Waals surface area contributed by atoms with Crippen molar-refractivity contribution in [2.75, 3.05) is 7.11 Å². The maximum atomic E-state index is 12.1. The fourth-order valence-corrected chi connectivity index (χ4v) is 3.73. The van der Waals surface area contributed by atoms with Gasteiger partial charge in [0.15, 0.2) is 5.41 Å². The molecule has 0 amide bonds. The van der Waals surface area contributed by atoms with Crippen LogP contribution in [0.3, 0.4) is 0 Å². The molecule has 3 rings (SSSR count). The standard InChI is InChI=1S/C13H16O4/c1-16-11(14)13-7-9(17-12(13)15)6-8-4-2-3-5-10(8)13/h2,4,8-10H,3,5-7H2,1H3/t8-,9-,10-,13-/m0/s1. The summed E-state index contributed by atoms with van der Waals surface area (Å²) in [6.07, 6.45) is 7.34. The van der Waals surface area contributed by atoms with Gasteiger partial charge in [-0.2, -0.15) is 0 Å². The summed E-state index contributed by atoms with van der Waals surface area (Å²) in [7, 11) is 1.35. The molecule has 1 saturated carbocycles. The monoisotopic (exact) mass is 236 g/mol. The van der Waals surface area contributed by atoms with Crippen LogP contribution in [0, 0.1) is 17.3 Å². The zero-order valence-electron chi connectivity index (χ0n) is 9.85. The molecule has 1 aliphatic heterocycles. The Morgan fingerprint density at radius 1 is 1.59 bits per heavy atom. The summed E-state index contributed by atoms with van der Waals surface area (Å²) in [5, 5.41) is 0. The Balaban J connectivity index is 2.05. The molecule has 2 aliphatic carbocycles. The second-order valence-corrected chi connectivity index (χ2v) is 5.21. The summed E-state index contributed by atoms with van der Waals surface area (Å²) in [6, 6.07) is 0. The molecule has 0 N–H and O–H groups in total. The zero-order valence-corrected chi connectivity index (χ0v) is 9.85. The molecule has 1 heterocycles. The van der Waals surface area contributed by atoms with E-state index in [9.17, 15) is 9.59 Å². The van der Waals surface area contributed by atoms with Crippen molar-refractivity contribution in [3.05, 3.63) is 12.2 Å². The van der Waals surface area contributed by atoms with Crippen LogP contribution in [0.2, 0.25) is 0 Å². The molecule has 4 nitrogen and oxygen atoms in total. The maximum absolute atomic E-state index is 12.1. The molecule has 0 aromatic rings. The molecule has 0 unspecified atom stereocenters. The largest absolute Gasteiger partial charge is 0.468 e. The minimum atomic E-state index is -1.02. The van der Waals surface area contributed by atoms with E-state index in [1.165, 1.54) is 7.11 Å². The summed E-state index contributed by atoms with van der Waals surface area (Å²) in [5.74, 6) is -0.425. The van der Waals surface area contributed by atoms with Gasteiger partial charge in [-0.05, 0) is 31.1 Å². The first kappa shape index (κ1) is 10.8. The van der Waals surface area contributed by atoms with Crippen LogP contribution in [-0.2, 0) is 19.1 Å². The van der Waals surface area contributed by atoms with Crippen LogP contribution >= 0.6 is 0 Å². The molecular weight excluding hydrogens is 220 g/mol. The first-order valence-electron chi connectivity index (χ1n) is 6.14. The average Bonchev–Trinajstić information content (AvgIpc) is 2.62. The summed E-state index contributed by atoms with van der Waals surface area (Å²) in [5.41, 5.74) is -1.02. The highest BCUT2D eigenvalue weighted by atomic mass is 16.6. The van der Waals surface area contributed by atoms with Crippen LogP contribution in [0.4, 0.5) is 0 Å². The molecule has 0 aromatic carbocycles. The Morgan fingerprint density at radius 2 is 2.41 bits per heavy atom. The molecule has 1 saturated heterocycles. The smallest absolute Gasteiger partial charge is 0.324 e. The third kappa shape index (κ3) is 1.30. The first-order valence-corrected chi connectivity index (χ1v) is 6.14. The van der Waals surface area contributed by atoms with Crippen LogP contribution in [0.1, 0.15) is 25.7 Å². The normalized spacial score (nSPS) is 42.9. The maximum Gasteiger partial charge on any atom is 0.324 e. The summed E-state index contributed by atoms with van der Waals surface area (Å²) >= 11 is 0. The summed E-state index contributed by atoms with van der Waals surface area (Å²) in [6.45, 7) is 0. The minimum absolute atomic E-state index is 0.0613. The first-order chi connectivity index (χ1) is 8.18. The lowest BCUT2D eigenvalue weighted by atomic mass is 9.59. The Kier molecular flexibility index (Phi) is 2.28. The number of fused-ring (bicyclic) bond motifs is 4. The fourth-order valence-electron chi connectivity index (χ4n) is 3.73. The summed E-state index contributed by atoms with van der Waals surface area (Å²) < 4.78 is 10.2. The molecule has 4 atom stereocenters. The van der Waals surface area contributed by atoms with Crippen LogP contribution < -0.4 is 0 Å². The second kappa shape index (κ2) is 3.59. The number of carbonyl (C=O) groups excluding carboxylic acids is 2. The van der Waals surface area contributed by atoms with E-state index >= 15 is 0 Å². The lowest BCUT2D eigenvalue weighted by Crippen LogP contribution is -2.48. The minimum Gasteiger partial charge on any atom is -0.468 e. The van der Waals surface area contributed by atoms with E-state index in [2.05, 4.69) is 12.2 Å². The van der Waals surface area contributed by atoms with Crippen molar-refractivity contribution in [2.45, 2.75) is 31.8 Å². The number of hydrogen-bond acceptors (Lipinski definition) is 4. The van der Waals surface area contributed by atoms with E-state index in [1.807, 2.05) is 0 Å². The van der Waals surface area contributed by atoms with Crippen LogP contribution in [0.5, 0.6) is 0 Å². The van der Waals surface area contributed by atoms with Gasteiger partial charge in [0.2, 0.25) is 0 Å². The van der Waals surface area contributed by atoms with Crippen molar-refractivity contribution in [1.29, 1.82) is 0 Å². The van der Waals surface area contributed by atoms with E-state index in [0.29, 0.717) is 6.42 Å². The average molecular weight is 236 g/mol. The van der Waals surface area contributed by atoms with Gasteiger partial charge in [-0.15, -0.1) is 0 Å². The van der Waals surface area contributed by atoms with Crippen molar-refractivity contribution in [1.82, 2.24) is 0 Å². The van der Waals surface area contributed by atoms with Crippen molar-refractivity contribution < 1.29 is 19.1 Å². The van der Waals surface area contributed by atoms with Crippen molar-refractivity contribution in [3.8, 4) is 0 Å². The Morgan fingerprint density at radius 3 is 3.18 bits per heavy atom. The van der Waals surface area contributed by atoms with Gasteiger partial charge in [0.1, 0.15) is 6.10 Å². The zero-order chi connectivity index (χ0) is 12.0. The van der Waals surface area contributed by atoms with Gasteiger partial charge in [-0.25, -0.2) is 0 Å².